The molecule has 0 fully saturated rings. The Morgan fingerprint density at radius 3 is 2.58 bits per heavy atom. The summed E-state index contributed by atoms with van der Waals surface area (Å²) in [6.07, 6.45) is 5.60. The maximum absolute atomic E-state index is 10.3. The van der Waals surface area contributed by atoms with Crippen molar-refractivity contribution in [3.63, 3.8) is 0 Å². The summed E-state index contributed by atoms with van der Waals surface area (Å²) in [6, 6.07) is 0. The van der Waals surface area contributed by atoms with Gasteiger partial charge in [-0.15, -0.1) is 0 Å². The van der Waals surface area contributed by atoms with E-state index in [4.69, 9.17) is 10.8 Å². The van der Waals surface area contributed by atoms with Gasteiger partial charge in [-0.05, 0) is 6.08 Å². The summed E-state index contributed by atoms with van der Waals surface area (Å²) in [5.41, 5.74) is 5.49. The van der Waals surface area contributed by atoms with Gasteiger partial charge in [-0.1, -0.05) is 0 Å². The van der Waals surface area contributed by atoms with Gasteiger partial charge in [0.15, 0.2) is 0 Å². The van der Waals surface area contributed by atoms with Crippen LogP contribution >= 0.6 is 0 Å². The molecule has 1 aromatic heterocycles. The molecule has 0 aliphatic heterocycles. The highest BCUT2D eigenvalue weighted by atomic mass is 16.4. The fourth-order valence-electron chi connectivity index (χ4n) is 0.626. The predicted molar refractivity (Wildman–Crippen MR) is 41.8 cm³/mol. The minimum absolute atomic E-state index is 0.232. The normalized spacial score (nSPS) is 11.2. The van der Waals surface area contributed by atoms with Gasteiger partial charge in [0.25, 0.3) is 0 Å². The van der Waals surface area contributed by atoms with Crippen LogP contribution in [0.1, 0.15) is 5.56 Å². The zero-order valence-electron chi connectivity index (χ0n) is 6.14. The number of nitrogens with zero attached hydrogens (tertiary/aromatic N) is 2. The molecule has 12 heavy (non-hydrogen) atoms. The molecule has 5 nitrogen and oxygen atoms in total. The fourth-order valence-corrected chi connectivity index (χ4v) is 0.626. The first kappa shape index (κ1) is 8.19. The van der Waals surface area contributed by atoms with Crippen molar-refractivity contribution in [1.29, 1.82) is 0 Å². The Hall–Kier alpha value is -1.91. The van der Waals surface area contributed by atoms with E-state index >= 15 is 0 Å². The molecular formula is C7H7N3O2. The van der Waals surface area contributed by atoms with Crippen LogP contribution in [0, 0.1) is 0 Å². The van der Waals surface area contributed by atoms with E-state index in [-0.39, 0.29) is 5.70 Å². The SMILES string of the molecule is NC(=Cc1cncnc1)C(=O)O. The van der Waals surface area contributed by atoms with Crippen LogP contribution in [0.15, 0.2) is 24.4 Å². The van der Waals surface area contributed by atoms with E-state index in [0.29, 0.717) is 5.56 Å². The number of carbonyl (C=O) groups is 1. The van der Waals surface area contributed by atoms with Crippen molar-refractivity contribution in [1.82, 2.24) is 9.97 Å². The molecule has 0 radical (unpaired) electrons. The zero-order valence-corrected chi connectivity index (χ0v) is 6.14. The number of aromatic nitrogens is 2. The number of hydrogen-bond acceptors (Lipinski definition) is 4. The zero-order chi connectivity index (χ0) is 8.97. The molecule has 62 valence electrons. The fraction of sp³-hybridized carbons (Fsp3) is 0. The second-order valence-corrected chi connectivity index (χ2v) is 2.08. The summed E-state index contributed by atoms with van der Waals surface area (Å²) < 4.78 is 0. The molecule has 1 aromatic rings. The standard InChI is InChI=1S/C7H7N3O2/c8-6(7(11)12)1-5-2-9-4-10-3-5/h1-4H,8H2,(H,11,12). The maximum Gasteiger partial charge on any atom is 0.351 e. The molecule has 0 saturated heterocycles. The monoisotopic (exact) mass is 165 g/mol. The second-order valence-electron chi connectivity index (χ2n) is 2.08. The summed E-state index contributed by atoms with van der Waals surface area (Å²) in [7, 11) is 0. The third kappa shape index (κ3) is 2.05. The van der Waals surface area contributed by atoms with Crippen molar-refractivity contribution in [3.05, 3.63) is 30.0 Å². The average Bonchev–Trinajstić information content (AvgIpc) is 2.06. The van der Waals surface area contributed by atoms with Crippen LogP contribution in [0.5, 0.6) is 0 Å². The molecule has 1 heterocycles. The summed E-state index contributed by atoms with van der Waals surface area (Å²) in [5, 5.41) is 8.41. The minimum atomic E-state index is -1.15. The molecule has 3 N–H and O–H groups in total. The lowest BCUT2D eigenvalue weighted by atomic mass is 10.3. The topological polar surface area (TPSA) is 89.1 Å². The molecule has 1 rings (SSSR count). The van der Waals surface area contributed by atoms with E-state index in [1.165, 1.54) is 24.8 Å². The third-order valence-electron chi connectivity index (χ3n) is 1.15. The molecule has 0 spiro atoms. The molecule has 0 aliphatic rings. The molecule has 0 unspecified atom stereocenters. The van der Waals surface area contributed by atoms with Gasteiger partial charge in [0.05, 0.1) is 0 Å². The van der Waals surface area contributed by atoms with Crippen LogP contribution < -0.4 is 5.73 Å². The van der Waals surface area contributed by atoms with Gasteiger partial charge in [0.1, 0.15) is 12.0 Å². The van der Waals surface area contributed by atoms with E-state index in [1.54, 1.807) is 0 Å². The molecule has 0 aliphatic carbocycles. The largest absolute Gasteiger partial charge is 0.477 e. The molecule has 0 atom stereocenters. The lowest BCUT2D eigenvalue weighted by Crippen LogP contribution is -2.09. The van der Waals surface area contributed by atoms with Crippen LogP contribution in [0.4, 0.5) is 0 Å². The number of aliphatic carboxylic acids is 1. The Bertz CT molecular complexity index is 308. The van der Waals surface area contributed by atoms with E-state index < -0.39 is 5.97 Å². The molecule has 0 saturated carbocycles. The lowest BCUT2D eigenvalue weighted by Gasteiger charge is -1.92. The van der Waals surface area contributed by atoms with Crippen molar-refractivity contribution in [2.24, 2.45) is 5.73 Å². The van der Waals surface area contributed by atoms with Crippen molar-refractivity contribution in [2.45, 2.75) is 0 Å². The van der Waals surface area contributed by atoms with Gasteiger partial charge in [-0.25, -0.2) is 14.8 Å². The van der Waals surface area contributed by atoms with Gasteiger partial charge in [-0.3, -0.25) is 0 Å². The minimum Gasteiger partial charge on any atom is -0.477 e. The van der Waals surface area contributed by atoms with E-state index in [1.807, 2.05) is 0 Å². The van der Waals surface area contributed by atoms with Crippen LogP contribution in [0.2, 0.25) is 0 Å². The van der Waals surface area contributed by atoms with Crippen molar-refractivity contribution < 1.29 is 9.90 Å². The Morgan fingerprint density at radius 2 is 2.08 bits per heavy atom. The summed E-state index contributed by atoms with van der Waals surface area (Å²) in [4.78, 5) is 17.7. The summed E-state index contributed by atoms with van der Waals surface area (Å²) in [5.74, 6) is -1.15. The molecule has 0 bridgehead atoms. The number of carboxylic acid groups (broad SMARTS) is 1. The highest BCUT2D eigenvalue weighted by Gasteiger charge is 1.99. The van der Waals surface area contributed by atoms with Gasteiger partial charge in [-0.2, -0.15) is 0 Å². The van der Waals surface area contributed by atoms with Crippen LogP contribution in [0.25, 0.3) is 6.08 Å². The van der Waals surface area contributed by atoms with E-state index in [2.05, 4.69) is 9.97 Å². The molecule has 0 amide bonds. The molecule has 5 heteroatoms. The van der Waals surface area contributed by atoms with Gasteiger partial charge < -0.3 is 10.8 Å². The van der Waals surface area contributed by atoms with Gasteiger partial charge in [0, 0.05) is 18.0 Å². The quantitative estimate of drug-likeness (QED) is 0.595. The Kier molecular flexibility index (Phi) is 2.37. The van der Waals surface area contributed by atoms with E-state index in [0.717, 1.165) is 0 Å². The van der Waals surface area contributed by atoms with Gasteiger partial charge >= 0.3 is 5.97 Å². The number of nitrogens with two attached hydrogens (primary N) is 1. The Labute approximate surface area is 68.6 Å². The predicted octanol–water partition coefficient (Wildman–Crippen LogP) is -0.139. The molecular weight excluding hydrogens is 158 g/mol. The van der Waals surface area contributed by atoms with Gasteiger partial charge in [0.2, 0.25) is 0 Å². The highest BCUT2D eigenvalue weighted by molar-refractivity contribution is 5.90. The number of carboxylic acids is 1. The smallest absolute Gasteiger partial charge is 0.351 e. The Morgan fingerprint density at radius 1 is 1.50 bits per heavy atom. The van der Waals surface area contributed by atoms with Crippen LogP contribution in [-0.2, 0) is 4.79 Å². The van der Waals surface area contributed by atoms with Crippen molar-refractivity contribution in [3.8, 4) is 0 Å². The first-order valence-electron chi connectivity index (χ1n) is 3.15. The third-order valence-corrected chi connectivity index (χ3v) is 1.15. The summed E-state index contributed by atoms with van der Waals surface area (Å²) in [6.45, 7) is 0. The maximum atomic E-state index is 10.3. The number of hydrogen-bond donors (Lipinski definition) is 2. The first-order chi connectivity index (χ1) is 5.70. The lowest BCUT2D eigenvalue weighted by molar-refractivity contribution is -0.132. The summed E-state index contributed by atoms with van der Waals surface area (Å²) >= 11 is 0. The average molecular weight is 165 g/mol. The Balaban J connectivity index is 2.89. The second kappa shape index (κ2) is 3.47. The van der Waals surface area contributed by atoms with E-state index in [9.17, 15) is 4.79 Å². The van der Waals surface area contributed by atoms with Crippen molar-refractivity contribution >= 4 is 12.0 Å². The van der Waals surface area contributed by atoms with Crippen LogP contribution in [-0.4, -0.2) is 21.0 Å². The number of rotatable bonds is 2. The highest BCUT2D eigenvalue weighted by Crippen LogP contribution is 1.98. The van der Waals surface area contributed by atoms with Crippen LogP contribution in [0.3, 0.4) is 0 Å². The van der Waals surface area contributed by atoms with Crippen molar-refractivity contribution in [2.75, 3.05) is 0 Å². The first-order valence-corrected chi connectivity index (χ1v) is 3.15. The molecule has 0 aromatic carbocycles.